The lowest BCUT2D eigenvalue weighted by Crippen LogP contribution is -2.22. The van der Waals surface area contributed by atoms with Crippen molar-refractivity contribution in [3.8, 4) is 0 Å². The summed E-state index contributed by atoms with van der Waals surface area (Å²) in [6.45, 7) is 8.07. The van der Waals surface area contributed by atoms with Gasteiger partial charge in [0.25, 0.3) is 0 Å². The van der Waals surface area contributed by atoms with E-state index in [1.165, 1.54) is 23.3 Å². The van der Waals surface area contributed by atoms with E-state index < -0.39 is 0 Å². The molecule has 0 spiro atoms. The van der Waals surface area contributed by atoms with Gasteiger partial charge in [-0.2, -0.15) is 0 Å². The molecule has 0 unspecified atom stereocenters. The number of unbranched alkanes of at least 4 members (excludes halogenated alkanes) is 1. The van der Waals surface area contributed by atoms with Gasteiger partial charge in [-0.15, -0.1) is 11.8 Å². The van der Waals surface area contributed by atoms with Gasteiger partial charge in [0.05, 0.1) is 6.61 Å². The Kier molecular flexibility index (Phi) is 9.00. The van der Waals surface area contributed by atoms with E-state index in [-0.39, 0.29) is 0 Å². The normalized spacial score (nSPS) is 10.8. The third-order valence-corrected chi connectivity index (χ3v) is 3.87. The molecule has 0 aromatic heterocycles. The maximum Gasteiger partial charge on any atom is 0.0590 e. The van der Waals surface area contributed by atoms with Gasteiger partial charge in [-0.1, -0.05) is 31.5 Å². The van der Waals surface area contributed by atoms with Crippen molar-refractivity contribution in [3.63, 3.8) is 0 Å². The van der Waals surface area contributed by atoms with Crippen LogP contribution in [0.25, 0.3) is 0 Å². The minimum atomic E-state index is 0.828. The second kappa shape index (κ2) is 10.4. The molecule has 0 bridgehead atoms. The molecule has 0 saturated carbocycles. The fourth-order valence-electron chi connectivity index (χ4n) is 1.57. The second-order valence-electron chi connectivity index (χ2n) is 4.33. The van der Waals surface area contributed by atoms with E-state index in [4.69, 9.17) is 4.74 Å². The molecule has 2 nitrogen and oxygen atoms in total. The maximum absolute atomic E-state index is 5.49. The predicted octanol–water partition coefficient (Wildman–Crippen LogP) is 3.49. The van der Waals surface area contributed by atoms with Crippen LogP contribution < -0.4 is 5.32 Å². The number of ether oxygens (including phenoxy) is 1. The minimum Gasteiger partial charge on any atom is -0.380 e. The molecule has 102 valence electrons. The number of aryl methyl sites for hydroxylation is 1. The van der Waals surface area contributed by atoms with Crippen molar-refractivity contribution >= 4 is 11.8 Å². The van der Waals surface area contributed by atoms with Crippen LogP contribution in [0.5, 0.6) is 0 Å². The van der Waals surface area contributed by atoms with Crippen LogP contribution in [0.3, 0.4) is 0 Å². The third kappa shape index (κ3) is 7.04. The minimum absolute atomic E-state index is 0.828. The zero-order chi connectivity index (χ0) is 13.1. The Labute approximate surface area is 116 Å². The van der Waals surface area contributed by atoms with Gasteiger partial charge in [-0.25, -0.2) is 0 Å². The van der Waals surface area contributed by atoms with Crippen LogP contribution >= 0.6 is 11.8 Å². The summed E-state index contributed by atoms with van der Waals surface area (Å²) in [7, 11) is 0. The molecule has 0 aliphatic heterocycles. The SMILES string of the molecule is CCCCOCCNCCSc1ccccc1C. The van der Waals surface area contributed by atoms with Crippen LogP contribution in [0, 0.1) is 6.92 Å². The molecule has 1 N–H and O–H groups in total. The van der Waals surface area contributed by atoms with E-state index in [0.29, 0.717) is 0 Å². The Morgan fingerprint density at radius 2 is 2.00 bits per heavy atom. The molecule has 3 heteroatoms. The van der Waals surface area contributed by atoms with Gasteiger partial charge in [-0.05, 0) is 25.0 Å². The topological polar surface area (TPSA) is 21.3 Å². The molecule has 1 aromatic carbocycles. The first-order chi connectivity index (χ1) is 8.84. The van der Waals surface area contributed by atoms with E-state index in [2.05, 4.69) is 43.4 Å². The highest BCUT2D eigenvalue weighted by Gasteiger charge is 1.97. The first-order valence-electron chi connectivity index (χ1n) is 6.81. The highest BCUT2D eigenvalue weighted by molar-refractivity contribution is 7.99. The standard InChI is InChI=1S/C15H25NOS/c1-3-4-11-17-12-9-16-10-13-18-15-8-6-5-7-14(15)2/h5-8,16H,3-4,9-13H2,1-2H3. The highest BCUT2D eigenvalue weighted by atomic mass is 32.2. The Morgan fingerprint density at radius 1 is 1.17 bits per heavy atom. The Balaban J connectivity index is 1.94. The van der Waals surface area contributed by atoms with Crippen molar-refractivity contribution in [3.05, 3.63) is 29.8 Å². The number of rotatable bonds is 10. The number of hydrogen-bond acceptors (Lipinski definition) is 3. The number of thioether (sulfide) groups is 1. The van der Waals surface area contributed by atoms with E-state index in [9.17, 15) is 0 Å². The van der Waals surface area contributed by atoms with E-state index in [0.717, 1.165) is 32.1 Å². The van der Waals surface area contributed by atoms with Crippen LogP contribution in [-0.4, -0.2) is 32.1 Å². The molecule has 0 aliphatic carbocycles. The Morgan fingerprint density at radius 3 is 2.78 bits per heavy atom. The summed E-state index contributed by atoms with van der Waals surface area (Å²) < 4.78 is 5.49. The summed E-state index contributed by atoms with van der Waals surface area (Å²) in [4.78, 5) is 1.39. The van der Waals surface area contributed by atoms with Crippen molar-refractivity contribution in [2.75, 3.05) is 32.1 Å². The molecular weight excluding hydrogens is 242 g/mol. The number of nitrogens with one attached hydrogen (secondary N) is 1. The number of benzene rings is 1. The molecule has 0 radical (unpaired) electrons. The Hall–Kier alpha value is -0.510. The molecule has 0 saturated heterocycles. The zero-order valence-electron chi connectivity index (χ0n) is 11.6. The van der Waals surface area contributed by atoms with Crippen LogP contribution in [0.4, 0.5) is 0 Å². The van der Waals surface area contributed by atoms with Gasteiger partial charge in [0.1, 0.15) is 0 Å². The lowest BCUT2D eigenvalue weighted by atomic mass is 10.2. The van der Waals surface area contributed by atoms with Gasteiger partial charge in [0, 0.05) is 30.3 Å². The largest absolute Gasteiger partial charge is 0.380 e. The Bertz CT molecular complexity index is 317. The molecule has 0 fully saturated rings. The van der Waals surface area contributed by atoms with Gasteiger partial charge >= 0.3 is 0 Å². The van der Waals surface area contributed by atoms with E-state index in [1.807, 2.05) is 11.8 Å². The summed E-state index contributed by atoms with van der Waals surface area (Å²) in [6, 6.07) is 8.54. The van der Waals surface area contributed by atoms with Crippen molar-refractivity contribution in [2.45, 2.75) is 31.6 Å². The molecule has 0 atom stereocenters. The lowest BCUT2D eigenvalue weighted by Gasteiger charge is -2.07. The van der Waals surface area contributed by atoms with Gasteiger partial charge < -0.3 is 10.1 Å². The first kappa shape index (κ1) is 15.5. The average Bonchev–Trinajstić information content (AvgIpc) is 2.39. The summed E-state index contributed by atoms with van der Waals surface area (Å²) in [6.07, 6.45) is 2.38. The maximum atomic E-state index is 5.49. The van der Waals surface area contributed by atoms with Crippen molar-refractivity contribution in [1.82, 2.24) is 5.32 Å². The van der Waals surface area contributed by atoms with Gasteiger partial charge in [0.2, 0.25) is 0 Å². The lowest BCUT2D eigenvalue weighted by molar-refractivity contribution is 0.133. The highest BCUT2D eigenvalue weighted by Crippen LogP contribution is 2.20. The average molecular weight is 267 g/mol. The predicted molar refractivity (Wildman–Crippen MR) is 80.5 cm³/mol. The van der Waals surface area contributed by atoms with Crippen LogP contribution in [-0.2, 0) is 4.74 Å². The third-order valence-electron chi connectivity index (χ3n) is 2.70. The molecule has 1 rings (SSSR count). The summed E-state index contributed by atoms with van der Waals surface area (Å²) in [5.74, 6) is 1.11. The smallest absolute Gasteiger partial charge is 0.0590 e. The fourth-order valence-corrected chi connectivity index (χ4v) is 2.51. The second-order valence-corrected chi connectivity index (χ2v) is 5.47. The van der Waals surface area contributed by atoms with Crippen molar-refractivity contribution in [2.24, 2.45) is 0 Å². The molecule has 0 amide bonds. The van der Waals surface area contributed by atoms with Crippen LogP contribution in [0.2, 0.25) is 0 Å². The summed E-state index contributed by atoms with van der Waals surface area (Å²) >= 11 is 1.92. The molecule has 1 aromatic rings. The summed E-state index contributed by atoms with van der Waals surface area (Å²) in [5, 5.41) is 3.41. The monoisotopic (exact) mass is 267 g/mol. The van der Waals surface area contributed by atoms with Gasteiger partial charge in [0.15, 0.2) is 0 Å². The van der Waals surface area contributed by atoms with Crippen molar-refractivity contribution in [1.29, 1.82) is 0 Å². The fraction of sp³-hybridized carbons (Fsp3) is 0.600. The quantitative estimate of drug-likeness (QED) is 0.518. The first-order valence-corrected chi connectivity index (χ1v) is 7.80. The van der Waals surface area contributed by atoms with Crippen LogP contribution in [0.15, 0.2) is 29.2 Å². The zero-order valence-corrected chi connectivity index (χ0v) is 12.4. The summed E-state index contributed by atoms with van der Waals surface area (Å²) in [5.41, 5.74) is 1.37. The van der Waals surface area contributed by atoms with Crippen molar-refractivity contribution < 1.29 is 4.74 Å². The number of hydrogen-bond donors (Lipinski definition) is 1. The molecule has 0 aliphatic rings. The molecule has 0 heterocycles. The van der Waals surface area contributed by atoms with E-state index >= 15 is 0 Å². The van der Waals surface area contributed by atoms with Crippen LogP contribution in [0.1, 0.15) is 25.3 Å². The van der Waals surface area contributed by atoms with Gasteiger partial charge in [-0.3, -0.25) is 0 Å². The molecular formula is C15H25NOS. The molecule has 18 heavy (non-hydrogen) atoms. The van der Waals surface area contributed by atoms with E-state index in [1.54, 1.807) is 0 Å².